The number of nitriles is 1. The first-order valence-corrected chi connectivity index (χ1v) is 6.40. The van der Waals surface area contributed by atoms with Crippen molar-refractivity contribution in [3.63, 3.8) is 0 Å². The molecule has 0 radical (unpaired) electrons. The molecular weight excluding hydrogens is 280 g/mol. The predicted molar refractivity (Wildman–Crippen MR) is 81.5 cm³/mol. The highest BCUT2D eigenvalue weighted by molar-refractivity contribution is 8.13. The Hall–Kier alpha value is -1.77. The van der Waals surface area contributed by atoms with E-state index in [4.69, 9.17) is 16.4 Å². The Morgan fingerprint density at radius 3 is 2.89 bits per heavy atom. The number of fused-ring (bicyclic) bond motifs is 1. The van der Waals surface area contributed by atoms with Crippen molar-refractivity contribution < 1.29 is 0 Å². The molecule has 0 fully saturated rings. The van der Waals surface area contributed by atoms with E-state index in [1.165, 1.54) is 11.8 Å². The highest BCUT2D eigenvalue weighted by atomic mass is 35.5. The quantitative estimate of drug-likeness (QED) is 0.673. The molecule has 1 aromatic carbocycles. The third kappa shape index (κ3) is 3.60. The van der Waals surface area contributed by atoms with Crippen molar-refractivity contribution in [2.75, 3.05) is 0 Å². The first-order valence-electron chi connectivity index (χ1n) is 5.41. The van der Waals surface area contributed by atoms with Crippen LogP contribution in [0.4, 0.5) is 0 Å². The van der Waals surface area contributed by atoms with Crippen molar-refractivity contribution in [1.82, 2.24) is 4.98 Å². The fraction of sp³-hybridized carbons (Fsp3) is 0.154. The van der Waals surface area contributed by atoms with E-state index in [1.54, 1.807) is 6.20 Å². The number of pyridine rings is 1. The fourth-order valence-electron chi connectivity index (χ4n) is 1.84. The predicted octanol–water partition coefficient (Wildman–Crippen LogP) is 2.85. The Labute approximate surface area is 121 Å². The minimum absolute atomic E-state index is 0. The minimum atomic E-state index is 0. The number of hydrogen-bond acceptors (Lipinski definition) is 4. The van der Waals surface area contributed by atoms with Crippen LogP contribution in [0.5, 0.6) is 0 Å². The van der Waals surface area contributed by atoms with Crippen LogP contribution >= 0.6 is 24.2 Å². The lowest BCUT2D eigenvalue weighted by Crippen LogP contribution is -2.05. The third-order valence-electron chi connectivity index (χ3n) is 2.63. The molecule has 0 aliphatic heterocycles. The highest BCUT2D eigenvalue weighted by Gasteiger charge is 2.08. The van der Waals surface area contributed by atoms with Gasteiger partial charge in [-0.25, -0.2) is 0 Å². The molecule has 19 heavy (non-hydrogen) atoms. The number of nitrogens with one attached hydrogen (secondary N) is 1. The molecular formula is C13H13ClN4S. The molecule has 1 heterocycles. The standard InChI is InChI=1S/C13H12N4S.ClH/c14-6-5-10-9(8-18-13(15)16)3-4-12-11(10)2-1-7-17-12;/h1-4,7H,5,8H2,(H3,15,16);1H. The van der Waals surface area contributed by atoms with Gasteiger partial charge in [0.15, 0.2) is 5.17 Å². The van der Waals surface area contributed by atoms with Gasteiger partial charge in [-0.3, -0.25) is 10.4 Å². The van der Waals surface area contributed by atoms with Gasteiger partial charge in [0, 0.05) is 17.3 Å². The molecule has 0 aliphatic carbocycles. The van der Waals surface area contributed by atoms with E-state index in [9.17, 15) is 0 Å². The average molecular weight is 293 g/mol. The lowest BCUT2D eigenvalue weighted by molar-refractivity contribution is 1.22. The summed E-state index contributed by atoms with van der Waals surface area (Å²) in [5.41, 5.74) is 8.26. The van der Waals surface area contributed by atoms with Crippen molar-refractivity contribution in [2.45, 2.75) is 12.2 Å². The van der Waals surface area contributed by atoms with Crippen LogP contribution in [0.3, 0.4) is 0 Å². The Balaban J connectivity index is 0.00000180. The van der Waals surface area contributed by atoms with Crippen molar-refractivity contribution in [1.29, 1.82) is 10.7 Å². The number of thioether (sulfide) groups is 1. The van der Waals surface area contributed by atoms with Gasteiger partial charge < -0.3 is 5.73 Å². The van der Waals surface area contributed by atoms with E-state index in [-0.39, 0.29) is 17.6 Å². The van der Waals surface area contributed by atoms with Gasteiger partial charge in [0.25, 0.3) is 0 Å². The van der Waals surface area contributed by atoms with Gasteiger partial charge in [0.05, 0.1) is 18.0 Å². The maximum atomic E-state index is 8.94. The van der Waals surface area contributed by atoms with Crippen LogP contribution in [0.2, 0.25) is 0 Å². The van der Waals surface area contributed by atoms with E-state index in [2.05, 4.69) is 11.1 Å². The van der Waals surface area contributed by atoms with Crippen LogP contribution in [-0.2, 0) is 12.2 Å². The summed E-state index contributed by atoms with van der Waals surface area (Å²) in [6.07, 6.45) is 2.08. The van der Waals surface area contributed by atoms with Crippen LogP contribution in [0.25, 0.3) is 10.9 Å². The molecule has 0 aliphatic rings. The molecule has 0 bridgehead atoms. The second-order valence-electron chi connectivity index (χ2n) is 3.76. The summed E-state index contributed by atoms with van der Waals surface area (Å²) in [6, 6.07) is 9.91. The topological polar surface area (TPSA) is 86.5 Å². The smallest absolute Gasteiger partial charge is 0.151 e. The monoisotopic (exact) mass is 292 g/mol. The summed E-state index contributed by atoms with van der Waals surface area (Å²) in [4.78, 5) is 4.28. The molecule has 1 aromatic heterocycles. The van der Waals surface area contributed by atoms with Crippen LogP contribution in [-0.4, -0.2) is 10.2 Å². The number of aromatic nitrogens is 1. The lowest BCUT2D eigenvalue weighted by atomic mass is 10.0. The third-order valence-corrected chi connectivity index (χ3v) is 3.40. The molecule has 0 atom stereocenters. The summed E-state index contributed by atoms with van der Waals surface area (Å²) >= 11 is 1.26. The van der Waals surface area contributed by atoms with E-state index < -0.39 is 0 Å². The normalized spacial score (nSPS) is 9.63. The van der Waals surface area contributed by atoms with Crippen molar-refractivity contribution >= 4 is 40.2 Å². The maximum Gasteiger partial charge on any atom is 0.151 e. The molecule has 3 N–H and O–H groups in total. The van der Waals surface area contributed by atoms with Crippen molar-refractivity contribution in [3.05, 3.63) is 41.6 Å². The summed E-state index contributed by atoms with van der Waals surface area (Å²) < 4.78 is 0. The zero-order valence-corrected chi connectivity index (χ0v) is 11.7. The number of nitrogens with two attached hydrogens (primary N) is 1. The van der Waals surface area contributed by atoms with Gasteiger partial charge in [-0.15, -0.1) is 12.4 Å². The molecule has 98 valence electrons. The maximum absolute atomic E-state index is 8.94. The average Bonchev–Trinajstić information content (AvgIpc) is 2.38. The van der Waals surface area contributed by atoms with Crippen LogP contribution < -0.4 is 5.73 Å². The minimum Gasteiger partial charge on any atom is -0.379 e. The Morgan fingerprint density at radius 2 is 2.21 bits per heavy atom. The molecule has 0 amide bonds. The molecule has 0 spiro atoms. The number of rotatable bonds is 3. The molecule has 2 aromatic rings. The number of nitrogens with zero attached hydrogens (tertiary/aromatic N) is 2. The molecule has 0 saturated heterocycles. The Bertz CT molecular complexity index is 636. The summed E-state index contributed by atoms with van der Waals surface area (Å²) in [7, 11) is 0. The van der Waals surface area contributed by atoms with E-state index in [1.807, 2.05) is 24.3 Å². The zero-order chi connectivity index (χ0) is 13.0. The van der Waals surface area contributed by atoms with Crippen molar-refractivity contribution in [3.8, 4) is 6.07 Å². The van der Waals surface area contributed by atoms with Gasteiger partial charge in [-0.1, -0.05) is 23.9 Å². The van der Waals surface area contributed by atoms with Gasteiger partial charge in [-0.2, -0.15) is 5.26 Å². The number of hydrogen-bond donors (Lipinski definition) is 2. The van der Waals surface area contributed by atoms with Crippen LogP contribution in [0, 0.1) is 16.7 Å². The molecule has 6 heteroatoms. The number of amidine groups is 1. The van der Waals surface area contributed by atoms with Crippen LogP contribution in [0.1, 0.15) is 11.1 Å². The second-order valence-corrected chi connectivity index (χ2v) is 4.78. The summed E-state index contributed by atoms with van der Waals surface area (Å²) in [6.45, 7) is 0. The van der Waals surface area contributed by atoms with Gasteiger partial charge >= 0.3 is 0 Å². The zero-order valence-electron chi connectivity index (χ0n) is 10.1. The number of halogens is 1. The molecule has 4 nitrogen and oxygen atoms in total. The summed E-state index contributed by atoms with van der Waals surface area (Å²) in [5.74, 6) is 0.608. The van der Waals surface area contributed by atoms with E-state index >= 15 is 0 Å². The second kappa shape index (κ2) is 6.98. The Kier molecular flexibility index (Phi) is 5.61. The van der Waals surface area contributed by atoms with Gasteiger partial charge in [-0.05, 0) is 23.3 Å². The largest absolute Gasteiger partial charge is 0.379 e. The molecule has 0 unspecified atom stereocenters. The molecule has 0 saturated carbocycles. The van der Waals surface area contributed by atoms with Gasteiger partial charge in [0.2, 0.25) is 0 Å². The Morgan fingerprint density at radius 1 is 1.42 bits per heavy atom. The molecule has 2 rings (SSSR count). The van der Waals surface area contributed by atoms with E-state index in [0.29, 0.717) is 12.2 Å². The number of benzene rings is 1. The highest BCUT2D eigenvalue weighted by Crippen LogP contribution is 2.24. The van der Waals surface area contributed by atoms with Crippen LogP contribution in [0.15, 0.2) is 30.5 Å². The first kappa shape index (κ1) is 15.3. The van der Waals surface area contributed by atoms with Crippen molar-refractivity contribution in [2.24, 2.45) is 5.73 Å². The first-order chi connectivity index (χ1) is 8.72. The fourth-order valence-corrected chi connectivity index (χ4v) is 2.42. The van der Waals surface area contributed by atoms with E-state index in [0.717, 1.165) is 22.0 Å². The lowest BCUT2D eigenvalue weighted by Gasteiger charge is -2.09. The van der Waals surface area contributed by atoms with Gasteiger partial charge in [0.1, 0.15) is 0 Å². The SMILES string of the molecule is Cl.N#CCc1c(CSC(=N)N)ccc2ncccc12. The summed E-state index contributed by atoms with van der Waals surface area (Å²) in [5, 5.41) is 17.3.